The lowest BCUT2D eigenvalue weighted by atomic mass is 10.1. The number of sulfonamides is 1. The average molecular weight is 1620 g/mol. The van der Waals surface area contributed by atoms with Gasteiger partial charge in [0.1, 0.15) is 17.0 Å². The molecule has 2 amide bonds. The maximum Gasteiger partial charge on any atom is 0.407 e. The predicted octanol–water partition coefficient (Wildman–Crippen LogP) is 19.6. The number of carboxylic acids is 2. The summed E-state index contributed by atoms with van der Waals surface area (Å²) in [5, 5.41) is 27.3. The van der Waals surface area contributed by atoms with E-state index in [2.05, 4.69) is 98.5 Å². The van der Waals surface area contributed by atoms with Crippen LogP contribution in [-0.2, 0) is 74.4 Å². The molecule has 2 aromatic heterocycles. The SMILES string of the molecule is CC(COC(C)(C)C)C(=O)O.CCC1CCCO1.CCCCCNC(=O)OC(C)(C)C.CCCCc1ccccc1.CCCN1CCOCC1.CCc1cccnc1.CCc1ccco1.Cc1ccc(CNC(=O)OC(C)(C)C)cc1.Cc1ccc(S(=O)(=O)O)cc1.Cc1ccc(S(N)(=O)=O)cc1.Cc1cccc(C(=O)O)c1. The summed E-state index contributed by atoms with van der Waals surface area (Å²) in [5.41, 5.74) is 7.24. The third-order valence-corrected chi connectivity index (χ3v) is 17.2. The smallest absolute Gasteiger partial charge is 0.407 e. The fourth-order valence-corrected chi connectivity index (χ4v) is 9.99. The predicted molar refractivity (Wildman–Crippen MR) is 456 cm³/mol. The van der Waals surface area contributed by atoms with Crippen LogP contribution in [0.25, 0.3) is 0 Å². The number of aryl methyl sites for hydroxylation is 7. The van der Waals surface area contributed by atoms with E-state index in [0.29, 0.717) is 24.8 Å². The molecule has 2 atom stereocenters. The Bertz CT molecular complexity index is 3700. The highest BCUT2D eigenvalue weighted by molar-refractivity contribution is 7.89. The van der Waals surface area contributed by atoms with E-state index in [1.165, 1.54) is 92.4 Å². The number of nitrogens with two attached hydrogens (primary N) is 1. The highest BCUT2D eigenvalue weighted by atomic mass is 32.2. The normalized spacial score (nSPS) is 13.1. The number of pyridine rings is 1. The number of furan rings is 1. The number of carbonyl (C=O) groups is 4. The van der Waals surface area contributed by atoms with E-state index in [9.17, 15) is 36.0 Å². The number of benzene rings is 5. The standard InChI is InChI=1S/C13H19NO2.C10H21NO2.C10H14.C8H16O3.C8H8O2.C7H9NO2S.C7H15NO.C7H9N.C7H8O3S.C6H12O.C6H8O/c1-10-5-7-11(8-6-10)9-14-12(15)16-13(2,3)4;1-5-6-7-8-11-9(12)13-10(2,3)4;1-2-3-7-10-8-5-4-6-9-10;1-6(7(9)10)5-11-8(2,3)4;1-6-3-2-4-7(5-6)8(9)10;1-6-2-4-7(5-3-6)11(8,9)10;1-2-3-8-4-6-9-7-5-8;1-2-7-4-3-5-8-6-7;1-6-2-4-7(5-3-6)11(8,9)10;2*1-2-6-4-3-5-7-6/h5-8H,9H2,1-4H3,(H,14,15);5-8H2,1-4H3,(H,11,12);4-6,8-9H,2-3,7H2,1H3;6H,5H2,1-4H3,(H,9,10);2-5H,1H3,(H,9,10);2-5H,1H3,(H2,8,9,10);2-7H2,1H3;3-6H,2H2,1H3;2-5H,1H3,(H,8,9,10);6H,2-5H2,1H3;3-5H,2H2,1H3. The minimum Gasteiger partial charge on any atom is -0.481 e. The number of hydrogen-bond acceptors (Lipinski definition) is 16. The van der Waals surface area contributed by atoms with Crippen molar-refractivity contribution in [3.8, 4) is 0 Å². The number of aromatic carboxylic acids is 1. The Balaban J connectivity index is 0. The van der Waals surface area contributed by atoms with E-state index in [-0.39, 0.29) is 34.2 Å². The van der Waals surface area contributed by atoms with Crippen LogP contribution in [0.2, 0.25) is 0 Å². The van der Waals surface area contributed by atoms with Gasteiger partial charge in [0.2, 0.25) is 10.0 Å². The van der Waals surface area contributed by atoms with Crippen molar-refractivity contribution in [2.24, 2.45) is 11.1 Å². The summed E-state index contributed by atoms with van der Waals surface area (Å²) in [5.74, 6) is -1.05. The number of nitrogens with zero attached hydrogens (tertiary/aromatic N) is 2. The summed E-state index contributed by atoms with van der Waals surface area (Å²) in [6.45, 7) is 46.9. The molecule has 5 aromatic carbocycles. The topological polar surface area (TPSA) is 323 Å². The van der Waals surface area contributed by atoms with Crippen molar-refractivity contribution in [1.82, 2.24) is 20.5 Å². The van der Waals surface area contributed by atoms with Gasteiger partial charge in [-0.15, -0.1) is 0 Å². The largest absolute Gasteiger partial charge is 0.481 e. The molecule has 7 aromatic rings. The lowest BCUT2D eigenvalue weighted by Crippen LogP contribution is -2.36. The summed E-state index contributed by atoms with van der Waals surface area (Å²) in [7, 11) is -7.54. The lowest BCUT2D eigenvalue weighted by Gasteiger charge is -2.25. The number of unbranched alkanes of at least 4 members (excludes halogenated alkanes) is 3. The minimum atomic E-state index is -4.02. The Morgan fingerprint density at radius 3 is 1.51 bits per heavy atom. The Morgan fingerprint density at radius 1 is 0.593 bits per heavy atom. The van der Waals surface area contributed by atoms with E-state index in [1.807, 2.05) is 145 Å². The highest BCUT2D eigenvalue weighted by Gasteiger charge is 2.19. The summed E-state index contributed by atoms with van der Waals surface area (Å²) in [6.07, 6.45) is 19.5. The molecular formula is C89H139N5O17S2. The Labute approximate surface area is 678 Å². The third-order valence-electron chi connectivity index (χ3n) is 15.4. The molecule has 2 unspecified atom stereocenters. The summed E-state index contributed by atoms with van der Waals surface area (Å²) in [4.78, 5) is 49.6. The number of morpholine rings is 1. The van der Waals surface area contributed by atoms with Gasteiger partial charge in [0, 0.05) is 51.6 Å². The van der Waals surface area contributed by atoms with Gasteiger partial charge < -0.3 is 48.9 Å². The first-order valence-corrected chi connectivity index (χ1v) is 42.2. The first-order chi connectivity index (χ1) is 53.0. The quantitative estimate of drug-likeness (QED) is 0.0305. The minimum absolute atomic E-state index is 0.0666. The van der Waals surface area contributed by atoms with Crippen molar-refractivity contribution >= 4 is 44.3 Å². The fourth-order valence-electron chi connectivity index (χ4n) is 8.99. The van der Waals surface area contributed by atoms with Crippen LogP contribution < -0.4 is 15.8 Å². The van der Waals surface area contributed by atoms with Crippen molar-refractivity contribution < 1.29 is 78.9 Å². The fraction of sp³-hybridized carbons (Fsp3) is 0.517. The Morgan fingerprint density at radius 2 is 1.13 bits per heavy atom. The van der Waals surface area contributed by atoms with Crippen LogP contribution in [0, 0.1) is 33.6 Å². The lowest BCUT2D eigenvalue weighted by molar-refractivity contribution is -0.145. The van der Waals surface area contributed by atoms with E-state index >= 15 is 0 Å². The van der Waals surface area contributed by atoms with Crippen LogP contribution in [-0.4, -0.2) is 141 Å². The number of aliphatic carboxylic acids is 1. The molecule has 0 radical (unpaired) electrons. The molecule has 2 aliphatic heterocycles. The molecule has 634 valence electrons. The van der Waals surface area contributed by atoms with Crippen LogP contribution in [0.5, 0.6) is 0 Å². The van der Waals surface area contributed by atoms with Crippen molar-refractivity contribution in [3.63, 3.8) is 0 Å². The maximum absolute atomic E-state index is 11.4. The van der Waals surface area contributed by atoms with Crippen LogP contribution >= 0.6 is 0 Å². The molecule has 22 nitrogen and oxygen atoms in total. The molecule has 2 saturated heterocycles. The second-order valence-electron chi connectivity index (χ2n) is 29.7. The van der Waals surface area contributed by atoms with Crippen molar-refractivity contribution in [1.29, 1.82) is 0 Å². The maximum atomic E-state index is 11.4. The molecule has 0 aliphatic carbocycles. The van der Waals surface area contributed by atoms with Gasteiger partial charge in [0.05, 0.1) is 59.1 Å². The van der Waals surface area contributed by atoms with E-state index in [4.69, 9.17) is 48.0 Å². The van der Waals surface area contributed by atoms with Gasteiger partial charge in [0.15, 0.2) is 0 Å². The highest BCUT2D eigenvalue weighted by Crippen LogP contribution is 2.16. The van der Waals surface area contributed by atoms with Crippen LogP contribution in [0.4, 0.5) is 9.59 Å². The van der Waals surface area contributed by atoms with E-state index in [1.54, 1.807) is 61.8 Å². The van der Waals surface area contributed by atoms with Crippen LogP contribution in [0.15, 0.2) is 185 Å². The van der Waals surface area contributed by atoms with Crippen molar-refractivity contribution in [2.45, 2.75) is 255 Å². The molecule has 4 heterocycles. The molecule has 0 bridgehead atoms. The number of alkyl carbamates (subject to hydrolysis) is 2. The van der Waals surface area contributed by atoms with E-state index < -0.39 is 49.2 Å². The summed E-state index contributed by atoms with van der Waals surface area (Å²) >= 11 is 0. The first kappa shape index (κ1) is 107. The van der Waals surface area contributed by atoms with Gasteiger partial charge >= 0.3 is 24.1 Å². The molecule has 2 aliphatic rings. The van der Waals surface area contributed by atoms with Crippen molar-refractivity contribution in [2.75, 3.05) is 52.6 Å². The Hall–Kier alpha value is -8.33. The van der Waals surface area contributed by atoms with Crippen molar-refractivity contribution in [3.05, 3.63) is 221 Å². The number of ether oxygens (including phenoxy) is 5. The van der Waals surface area contributed by atoms with Gasteiger partial charge in [-0.1, -0.05) is 180 Å². The molecule has 0 saturated carbocycles. The number of nitrogens with one attached hydrogen (secondary N) is 2. The number of carboxylic acid groups (broad SMARTS) is 2. The third kappa shape index (κ3) is 63.7. The number of carbonyl (C=O) groups excluding carboxylic acids is 2. The molecule has 24 heteroatoms. The van der Waals surface area contributed by atoms with Crippen LogP contribution in [0.1, 0.15) is 224 Å². The number of rotatable bonds is 20. The van der Waals surface area contributed by atoms with E-state index in [0.717, 1.165) is 93.0 Å². The van der Waals surface area contributed by atoms with Gasteiger partial charge in [-0.3, -0.25) is 19.2 Å². The zero-order valence-electron chi connectivity index (χ0n) is 71.5. The molecule has 2 fully saturated rings. The van der Waals surface area contributed by atoms with Gasteiger partial charge in [-0.2, -0.15) is 8.42 Å². The average Bonchev–Trinajstić information content (AvgIpc) is 1.47. The number of amides is 2. The zero-order valence-corrected chi connectivity index (χ0v) is 73.1. The summed E-state index contributed by atoms with van der Waals surface area (Å²) < 4.78 is 82.0. The summed E-state index contributed by atoms with van der Waals surface area (Å²) in [6, 6.07) is 45.8. The second kappa shape index (κ2) is 61.2. The zero-order chi connectivity index (χ0) is 85.9. The first-order valence-electron chi connectivity index (χ1n) is 39.2. The Kier molecular flexibility index (Phi) is 57.8. The molecule has 7 N–H and O–H groups in total. The number of primary sulfonamides is 1. The number of aromatic nitrogens is 1. The van der Waals surface area contributed by atoms with Gasteiger partial charge in [-0.05, 0) is 226 Å². The van der Waals surface area contributed by atoms with Gasteiger partial charge in [-0.25, -0.2) is 27.9 Å². The second-order valence-corrected chi connectivity index (χ2v) is 32.7. The molecule has 9 rings (SSSR count). The van der Waals surface area contributed by atoms with Crippen LogP contribution in [0.3, 0.4) is 0 Å². The molecule has 0 spiro atoms. The molecule has 113 heavy (non-hydrogen) atoms. The molecular weight excluding hydrogens is 1480 g/mol. The van der Waals surface area contributed by atoms with Gasteiger partial charge in [0.25, 0.3) is 10.1 Å². The number of hydrogen-bond donors (Lipinski definition) is 6. The monoisotopic (exact) mass is 1610 g/mol.